The minimum atomic E-state index is -0.375. The quantitative estimate of drug-likeness (QED) is 0.317. The molecule has 34 heavy (non-hydrogen) atoms. The molecule has 4 aromatic rings. The summed E-state index contributed by atoms with van der Waals surface area (Å²) in [5.41, 5.74) is 4.97. The highest BCUT2D eigenvalue weighted by atomic mass is 32.2. The second kappa shape index (κ2) is 11.1. The van der Waals surface area contributed by atoms with Crippen LogP contribution in [0.5, 0.6) is 0 Å². The van der Waals surface area contributed by atoms with Gasteiger partial charge in [-0.2, -0.15) is 0 Å². The second-order valence-corrected chi connectivity index (χ2v) is 9.29. The fourth-order valence-electron chi connectivity index (χ4n) is 3.67. The molecule has 6 nitrogen and oxygen atoms in total. The summed E-state index contributed by atoms with van der Waals surface area (Å²) in [6.07, 6.45) is 0. The van der Waals surface area contributed by atoms with Crippen molar-refractivity contribution in [3.05, 3.63) is 84.4 Å². The van der Waals surface area contributed by atoms with Crippen molar-refractivity contribution >= 4 is 23.4 Å². The molecule has 1 aromatic heterocycles. The maximum absolute atomic E-state index is 13.1. The van der Waals surface area contributed by atoms with Gasteiger partial charge in [0.1, 0.15) is 0 Å². The van der Waals surface area contributed by atoms with Crippen LogP contribution < -0.4 is 5.32 Å². The Hall–Kier alpha value is -3.42. The third kappa shape index (κ3) is 5.55. The molecular weight excluding hydrogens is 444 g/mol. The number of aryl methyl sites for hydroxylation is 1. The third-order valence-corrected chi connectivity index (χ3v) is 6.51. The number of para-hydroxylation sites is 1. The van der Waals surface area contributed by atoms with E-state index < -0.39 is 0 Å². The first kappa shape index (κ1) is 23.7. The van der Waals surface area contributed by atoms with Gasteiger partial charge in [0.15, 0.2) is 11.0 Å². The van der Waals surface area contributed by atoms with Crippen LogP contribution in [-0.4, -0.2) is 39.6 Å². The average molecular weight is 473 g/mol. The van der Waals surface area contributed by atoms with E-state index in [-0.39, 0.29) is 11.2 Å². The van der Waals surface area contributed by atoms with Gasteiger partial charge in [0, 0.05) is 23.9 Å². The lowest BCUT2D eigenvalue weighted by molar-refractivity contribution is -0.115. The van der Waals surface area contributed by atoms with Gasteiger partial charge in [-0.15, -0.1) is 10.2 Å². The Kier molecular flexibility index (Phi) is 7.77. The van der Waals surface area contributed by atoms with Gasteiger partial charge >= 0.3 is 0 Å². The fourth-order valence-corrected chi connectivity index (χ4v) is 4.54. The van der Waals surface area contributed by atoms with Gasteiger partial charge in [-0.3, -0.25) is 9.36 Å². The van der Waals surface area contributed by atoms with E-state index in [0.717, 1.165) is 33.8 Å². The lowest BCUT2D eigenvalue weighted by Crippen LogP contribution is -2.23. The molecule has 0 aliphatic heterocycles. The van der Waals surface area contributed by atoms with Gasteiger partial charge in [0.2, 0.25) is 5.91 Å². The standard InChI is InChI=1S/C27H28N4O2S/c1-19-10-9-13-22(18-19)25-29-30-27(31(25)16-17-33-3)34-20(2)26(32)28-24-15-8-7-14-23(24)21-11-5-4-6-12-21/h4-15,18,20H,16-17H2,1-3H3,(H,28,32)/t20-/m1/s1. The largest absolute Gasteiger partial charge is 0.383 e. The zero-order valence-electron chi connectivity index (χ0n) is 19.6. The van der Waals surface area contributed by atoms with Crippen molar-refractivity contribution in [2.45, 2.75) is 30.8 Å². The van der Waals surface area contributed by atoms with Crippen LogP contribution in [0.4, 0.5) is 5.69 Å². The summed E-state index contributed by atoms with van der Waals surface area (Å²) in [5, 5.41) is 12.3. The SMILES string of the molecule is COCCn1c(S[C@H](C)C(=O)Nc2ccccc2-c2ccccc2)nnc1-c1cccc(C)c1. The zero-order valence-corrected chi connectivity index (χ0v) is 20.4. The van der Waals surface area contributed by atoms with Crippen LogP contribution >= 0.6 is 11.8 Å². The molecule has 0 saturated heterocycles. The maximum atomic E-state index is 13.1. The summed E-state index contributed by atoms with van der Waals surface area (Å²) >= 11 is 1.39. The zero-order chi connectivity index (χ0) is 23.9. The van der Waals surface area contributed by atoms with Crippen molar-refractivity contribution < 1.29 is 9.53 Å². The molecule has 7 heteroatoms. The number of nitrogens with one attached hydrogen (secondary N) is 1. The van der Waals surface area contributed by atoms with E-state index in [9.17, 15) is 4.79 Å². The van der Waals surface area contributed by atoms with E-state index in [4.69, 9.17) is 4.74 Å². The van der Waals surface area contributed by atoms with Gasteiger partial charge in [0.05, 0.1) is 18.4 Å². The molecule has 0 fully saturated rings. The van der Waals surface area contributed by atoms with Crippen molar-refractivity contribution in [3.63, 3.8) is 0 Å². The Morgan fingerprint density at radius 3 is 2.50 bits per heavy atom. The molecule has 174 valence electrons. The molecule has 0 radical (unpaired) electrons. The van der Waals surface area contributed by atoms with Crippen molar-refractivity contribution in [2.24, 2.45) is 0 Å². The summed E-state index contributed by atoms with van der Waals surface area (Å²) < 4.78 is 7.32. The minimum absolute atomic E-state index is 0.0909. The van der Waals surface area contributed by atoms with E-state index in [1.165, 1.54) is 11.8 Å². The van der Waals surface area contributed by atoms with Gasteiger partial charge in [-0.25, -0.2) is 0 Å². The van der Waals surface area contributed by atoms with Crippen LogP contribution in [0.1, 0.15) is 12.5 Å². The smallest absolute Gasteiger partial charge is 0.237 e. The third-order valence-electron chi connectivity index (χ3n) is 5.43. The van der Waals surface area contributed by atoms with Gasteiger partial charge < -0.3 is 10.1 Å². The molecular formula is C27H28N4O2S. The Morgan fingerprint density at radius 2 is 1.74 bits per heavy atom. The molecule has 3 aromatic carbocycles. The van der Waals surface area contributed by atoms with Crippen LogP contribution in [0.3, 0.4) is 0 Å². The first-order chi connectivity index (χ1) is 16.6. The summed E-state index contributed by atoms with van der Waals surface area (Å²) in [5.74, 6) is 0.678. The van der Waals surface area contributed by atoms with Crippen LogP contribution in [-0.2, 0) is 16.1 Å². The average Bonchev–Trinajstić information content (AvgIpc) is 3.25. The number of aromatic nitrogens is 3. The molecule has 0 saturated carbocycles. The number of thioether (sulfide) groups is 1. The summed E-state index contributed by atoms with van der Waals surface area (Å²) in [7, 11) is 1.67. The van der Waals surface area contributed by atoms with Crippen LogP contribution in [0.2, 0.25) is 0 Å². The van der Waals surface area contributed by atoms with Crippen molar-refractivity contribution in [1.82, 2.24) is 14.8 Å². The van der Waals surface area contributed by atoms with Crippen molar-refractivity contribution in [3.8, 4) is 22.5 Å². The molecule has 0 bridgehead atoms. The number of hydrogen-bond acceptors (Lipinski definition) is 5. The van der Waals surface area contributed by atoms with E-state index in [1.54, 1.807) is 7.11 Å². The number of amides is 1. The number of methoxy groups -OCH3 is 1. The monoisotopic (exact) mass is 472 g/mol. The number of benzene rings is 3. The van der Waals surface area contributed by atoms with Crippen LogP contribution in [0.25, 0.3) is 22.5 Å². The molecule has 1 atom stereocenters. The highest BCUT2D eigenvalue weighted by molar-refractivity contribution is 8.00. The fraction of sp³-hybridized carbons (Fsp3) is 0.222. The van der Waals surface area contributed by atoms with E-state index in [1.807, 2.05) is 78.2 Å². The molecule has 0 unspecified atom stereocenters. The lowest BCUT2D eigenvalue weighted by atomic mass is 10.0. The molecule has 4 rings (SSSR count). The molecule has 0 spiro atoms. The summed E-state index contributed by atoms with van der Waals surface area (Å²) in [6.45, 7) is 5.05. The van der Waals surface area contributed by atoms with Gasteiger partial charge in [0.25, 0.3) is 0 Å². The topological polar surface area (TPSA) is 69.0 Å². The van der Waals surface area contributed by atoms with Crippen molar-refractivity contribution in [2.75, 3.05) is 19.0 Å². The van der Waals surface area contributed by atoms with E-state index in [0.29, 0.717) is 18.3 Å². The summed E-state index contributed by atoms with van der Waals surface area (Å²) in [6, 6.07) is 26.0. The van der Waals surface area contributed by atoms with Gasteiger partial charge in [-0.1, -0.05) is 84.1 Å². The van der Waals surface area contributed by atoms with Crippen LogP contribution in [0, 0.1) is 6.92 Å². The number of carbonyl (C=O) groups excluding carboxylic acids is 1. The molecule has 1 heterocycles. The first-order valence-electron chi connectivity index (χ1n) is 11.2. The highest BCUT2D eigenvalue weighted by Crippen LogP contribution is 2.30. The Balaban J connectivity index is 1.54. The summed E-state index contributed by atoms with van der Waals surface area (Å²) in [4.78, 5) is 13.1. The minimum Gasteiger partial charge on any atom is -0.383 e. The Morgan fingerprint density at radius 1 is 1.00 bits per heavy atom. The molecule has 0 aliphatic carbocycles. The number of rotatable bonds is 9. The van der Waals surface area contributed by atoms with E-state index >= 15 is 0 Å². The first-order valence-corrected chi connectivity index (χ1v) is 12.1. The number of ether oxygens (including phenoxy) is 1. The molecule has 0 aliphatic rings. The van der Waals surface area contributed by atoms with Crippen molar-refractivity contribution in [1.29, 1.82) is 0 Å². The number of carbonyl (C=O) groups is 1. The predicted octanol–water partition coefficient (Wildman–Crippen LogP) is 5.69. The van der Waals surface area contributed by atoms with E-state index in [2.05, 4.69) is 34.6 Å². The molecule has 1 amide bonds. The maximum Gasteiger partial charge on any atom is 0.237 e. The highest BCUT2D eigenvalue weighted by Gasteiger charge is 2.22. The Labute approximate surface area is 204 Å². The molecule has 1 N–H and O–H groups in total. The van der Waals surface area contributed by atoms with Gasteiger partial charge in [-0.05, 0) is 31.5 Å². The number of anilines is 1. The second-order valence-electron chi connectivity index (χ2n) is 7.98. The van der Waals surface area contributed by atoms with Crippen LogP contribution in [0.15, 0.2) is 84.0 Å². The number of nitrogens with zero attached hydrogens (tertiary/aromatic N) is 3. The number of hydrogen-bond donors (Lipinski definition) is 1. The Bertz CT molecular complexity index is 1260. The predicted molar refractivity (Wildman–Crippen MR) is 138 cm³/mol. The normalized spacial score (nSPS) is 11.9. The lowest BCUT2D eigenvalue weighted by Gasteiger charge is -2.16.